The lowest BCUT2D eigenvalue weighted by molar-refractivity contribution is 0.507. The van der Waals surface area contributed by atoms with Gasteiger partial charge in [0.25, 0.3) is 0 Å². The fraction of sp³-hybridized carbons (Fsp3) is 0.333. The standard InChI is InChI=1S/C21H27N5O.HI/c1-4-22-21(23-12-11-19-9-7-13-27-19)24-15-18-8-5-6-10-20(18)26-17(3)14-16(2)25-26;/h5-10,13-14H,4,11-12,15H2,1-3H3,(H2,22,23,24);1H. The molecule has 0 unspecified atom stereocenters. The molecule has 7 heteroatoms. The number of guanidine groups is 1. The average molecular weight is 493 g/mol. The second-order valence-electron chi connectivity index (χ2n) is 6.42. The molecule has 0 spiro atoms. The number of hydrogen-bond donors (Lipinski definition) is 2. The number of nitrogens with zero attached hydrogens (tertiary/aromatic N) is 3. The predicted molar refractivity (Wildman–Crippen MR) is 124 cm³/mol. The van der Waals surface area contributed by atoms with Gasteiger partial charge < -0.3 is 15.1 Å². The van der Waals surface area contributed by atoms with Gasteiger partial charge in [0.05, 0.1) is 24.2 Å². The highest BCUT2D eigenvalue weighted by atomic mass is 127. The highest BCUT2D eigenvalue weighted by molar-refractivity contribution is 14.0. The van der Waals surface area contributed by atoms with Gasteiger partial charge in [-0.25, -0.2) is 9.67 Å². The van der Waals surface area contributed by atoms with E-state index in [-0.39, 0.29) is 24.0 Å². The molecule has 0 bridgehead atoms. The van der Waals surface area contributed by atoms with Crippen LogP contribution in [0.2, 0.25) is 0 Å². The Labute approximate surface area is 183 Å². The molecular weight excluding hydrogens is 465 g/mol. The summed E-state index contributed by atoms with van der Waals surface area (Å²) in [4.78, 5) is 4.75. The maximum atomic E-state index is 5.37. The molecule has 6 nitrogen and oxygen atoms in total. The number of aryl methyl sites for hydroxylation is 2. The zero-order valence-electron chi connectivity index (χ0n) is 16.6. The number of halogens is 1. The van der Waals surface area contributed by atoms with E-state index in [9.17, 15) is 0 Å². The molecule has 0 aliphatic carbocycles. The van der Waals surface area contributed by atoms with E-state index < -0.39 is 0 Å². The van der Waals surface area contributed by atoms with Gasteiger partial charge in [0.2, 0.25) is 0 Å². The third-order valence-corrected chi connectivity index (χ3v) is 4.23. The Hall–Kier alpha value is -2.29. The van der Waals surface area contributed by atoms with Crippen LogP contribution in [0, 0.1) is 13.8 Å². The van der Waals surface area contributed by atoms with Crippen molar-refractivity contribution >= 4 is 29.9 Å². The number of para-hydroxylation sites is 1. The van der Waals surface area contributed by atoms with Gasteiger partial charge in [-0.3, -0.25) is 0 Å². The van der Waals surface area contributed by atoms with Gasteiger partial charge in [0.15, 0.2) is 5.96 Å². The average Bonchev–Trinajstić information content (AvgIpc) is 3.29. The predicted octanol–water partition coefficient (Wildman–Crippen LogP) is 4.00. The molecule has 0 aliphatic heterocycles. The number of nitrogens with one attached hydrogen (secondary N) is 2. The summed E-state index contributed by atoms with van der Waals surface area (Å²) >= 11 is 0. The van der Waals surface area contributed by atoms with Gasteiger partial charge in [-0.05, 0) is 50.6 Å². The fourth-order valence-corrected chi connectivity index (χ4v) is 2.99. The number of hydrogen-bond acceptors (Lipinski definition) is 3. The van der Waals surface area contributed by atoms with Crippen LogP contribution in [0.15, 0.2) is 58.1 Å². The smallest absolute Gasteiger partial charge is 0.191 e. The number of aromatic nitrogens is 2. The molecule has 2 N–H and O–H groups in total. The van der Waals surface area contributed by atoms with Crippen molar-refractivity contribution in [1.29, 1.82) is 0 Å². The summed E-state index contributed by atoms with van der Waals surface area (Å²) in [5.74, 6) is 1.76. The minimum atomic E-state index is 0. The Bertz CT molecular complexity index is 886. The molecule has 0 amide bonds. The van der Waals surface area contributed by atoms with Gasteiger partial charge in [-0.1, -0.05) is 18.2 Å². The van der Waals surface area contributed by atoms with Crippen LogP contribution >= 0.6 is 24.0 Å². The highest BCUT2D eigenvalue weighted by Crippen LogP contribution is 2.17. The quantitative estimate of drug-likeness (QED) is 0.297. The van der Waals surface area contributed by atoms with E-state index in [0.717, 1.165) is 53.9 Å². The molecule has 0 saturated carbocycles. The molecule has 0 fully saturated rings. The summed E-state index contributed by atoms with van der Waals surface area (Å²) in [6.45, 7) is 8.29. The monoisotopic (exact) mass is 493 g/mol. The molecule has 2 aromatic heterocycles. The fourth-order valence-electron chi connectivity index (χ4n) is 2.99. The summed E-state index contributed by atoms with van der Waals surface area (Å²) in [5.41, 5.74) is 4.33. The minimum Gasteiger partial charge on any atom is -0.469 e. The zero-order chi connectivity index (χ0) is 19.1. The van der Waals surface area contributed by atoms with Crippen molar-refractivity contribution in [2.45, 2.75) is 33.7 Å². The second kappa shape index (κ2) is 10.9. The first-order valence-corrected chi connectivity index (χ1v) is 9.33. The molecule has 2 heterocycles. The summed E-state index contributed by atoms with van der Waals surface area (Å²) in [7, 11) is 0. The normalized spacial score (nSPS) is 11.2. The molecule has 0 aliphatic rings. The lowest BCUT2D eigenvalue weighted by Gasteiger charge is -2.13. The molecule has 28 heavy (non-hydrogen) atoms. The van der Waals surface area contributed by atoms with Gasteiger partial charge in [-0.15, -0.1) is 24.0 Å². The van der Waals surface area contributed by atoms with Gasteiger partial charge >= 0.3 is 0 Å². The Morgan fingerprint density at radius 1 is 1.14 bits per heavy atom. The number of furan rings is 1. The molecule has 1 aromatic carbocycles. The first kappa shape index (κ1) is 22.0. The lowest BCUT2D eigenvalue weighted by atomic mass is 10.2. The maximum Gasteiger partial charge on any atom is 0.191 e. The molecular formula is C21H28IN5O. The van der Waals surface area contributed by atoms with Crippen molar-refractivity contribution in [1.82, 2.24) is 20.4 Å². The molecule has 0 radical (unpaired) electrons. The van der Waals surface area contributed by atoms with Crippen molar-refractivity contribution in [3.63, 3.8) is 0 Å². The third-order valence-electron chi connectivity index (χ3n) is 4.23. The van der Waals surface area contributed by atoms with E-state index in [1.165, 1.54) is 0 Å². The lowest BCUT2D eigenvalue weighted by Crippen LogP contribution is -2.38. The van der Waals surface area contributed by atoms with Crippen molar-refractivity contribution in [2.24, 2.45) is 4.99 Å². The first-order chi connectivity index (χ1) is 13.2. The maximum absolute atomic E-state index is 5.37. The van der Waals surface area contributed by atoms with Crippen LogP contribution in [0.1, 0.15) is 29.6 Å². The summed E-state index contributed by atoms with van der Waals surface area (Å²) in [5, 5.41) is 11.3. The second-order valence-corrected chi connectivity index (χ2v) is 6.42. The van der Waals surface area contributed by atoms with E-state index in [2.05, 4.69) is 47.8 Å². The summed E-state index contributed by atoms with van der Waals surface area (Å²) < 4.78 is 7.36. The van der Waals surface area contributed by atoms with E-state index in [1.807, 2.05) is 35.9 Å². The van der Waals surface area contributed by atoms with Gasteiger partial charge in [0, 0.05) is 25.2 Å². The van der Waals surface area contributed by atoms with Crippen LogP contribution < -0.4 is 10.6 Å². The molecule has 3 rings (SSSR count). The van der Waals surface area contributed by atoms with Crippen molar-refractivity contribution in [2.75, 3.05) is 13.1 Å². The van der Waals surface area contributed by atoms with E-state index >= 15 is 0 Å². The van der Waals surface area contributed by atoms with E-state index in [0.29, 0.717) is 6.54 Å². The number of rotatable bonds is 7. The Morgan fingerprint density at radius 2 is 1.96 bits per heavy atom. The van der Waals surface area contributed by atoms with Gasteiger partial charge in [-0.2, -0.15) is 5.10 Å². The van der Waals surface area contributed by atoms with Crippen LogP contribution in [0.3, 0.4) is 0 Å². The van der Waals surface area contributed by atoms with Crippen LogP contribution in [0.5, 0.6) is 0 Å². The largest absolute Gasteiger partial charge is 0.469 e. The number of benzene rings is 1. The Balaban J connectivity index is 0.00000280. The number of aliphatic imine (C=N–C) groups is 1. The van der Waals surface area contributed by atoms with Crippen molar-refractivity contribution in [3.05, 3.63) is 71.4 Å². The van der Waals surface area contributed by atoms with Crippen LogP contribution in [0.4, 0.5) is 0 Å². The zero-order valence-corrected chi connectivity index (χ0v) is 18.9. The summed E-state index contributed by atoms with van der Waals surface area (Å²) in [6.07, 6.45) is 2.52. The molecule has 3 aromatic rings. The van der Waals surface area contributed by atoms with Crippen LogP contribution in [-0.4, -0.2) is 28.8 Å². The molecule has 0 saturated heterocycles. The first-order valence-electron chi connectivity index (χ1n) is 9.33. The SMILES string of the molecule is CCNC(=NCc1ccccc1-n1nc(C)cc1C)NCCc1ccco1.I. The van der Waals surface area contributed by atoms with Crippen LogP contribution in [-0.2, 0) is 13.0 Å². The Kier molecular flexibility index (Phi) is 8.56. The van der Waals surface area contributed by atoms with Crippen molar-refractivity contribution < 1.29 is 4.42 Å². The topological polar surface area (TPSA) is 67.4 Å². The van der Waals surface area contributed by atoms with E-state index in [4.69, 9.17) is 9.41 Å². The highest BCUT2D eigenvalue weighted by Gasteiger charge is 2.08. The molecule has 0 atom stereocenters. The van der Waals surface area contributed by atoms with Crippen LogP contribution in [0.25, 0.3) is 5.69 Å². The van der Waals surface area contributed by atoms with Crippen molar-refractivity contribution in [3.8, 4) is 5.69 Å². The third kappa shape index (κ3) is 5.85. The van der Waals surface area contributed by atoms with E-state index in [1.54, 1.807) is 6.26 Å². The Morgan fingerprint density at radius 3 is 2.64 bits per heavy atom. The summed E-state index contributed by atoms with van der Waals surface area (Å²) in [6, 6.07) is 14.2. The van der Waals surface area contributed by atoms with Gasteiger partial charge in [0.1, 0.15) is 5.76 Å². The minimum absolute atomic E-state index is 0. The molecule has 150 valence electrons.